The average molecular weight is 250 g/mol. The Labute approximate surface area is 106 Å². The van der Waals surface area contributed by atoms with Gasteiger partial charge in [0.1, 0.15) is 0 Å². The number of carboxylic acids is 1. The maximum absolute atomic E-state index is 11.0. The Balaban J connectivity index is 1.92. The molecule has 1 aliphatic rings. The fourth-order valence-electron chi connectivity index (χ4n) is 2.33. The smallest absolute Gasteiger partial charge is 0.337 e. The molecule has 1 fully saturated rings. The number of nitrogens with zero attached hydrogens (tertiary/aromatic N) is 1. The number of hydrogen-bond donors (Lipinski definition) is 3. The van der Waals surface area contributed by atoms with E-state index in [0.29, 0.717) is 11.6 Å². The molecule has 0 aromatic carbocycles. The molecule has 98 valence electrons. The summed E-state index contributed by atoms with van der Waals surface area (Å²) in [5.41, 5.74) is 0.817. The van der Waals surface area contributed by atoms with Gasteiger partial charge in [0.2, 0.25) is 0 Å². The summed E-state index contributed by atoms with van der Waals surface area (Å²) in [6.45, 7) is 0.735. The SMILES string of the molecule is O=C(O)c1ccncc1NCC1CCC(O)CC1. The molecule has 0 atom stereocenters. The summed E-state index contributed by atoms with van der Waals surface area (Å²) in [6.07, 6.45) is 6.51. The Hall–Kier alpha value is -1.62. The van der Waals surface area contributed by atoms with Crippen LogP contribution in [0, 0.1) is 5.92 Å². The molecule has 5 nitrogen and oxygen atoms in total. The number of rotatable bonds is 4. The van der Waals surface area contributed by atoms with Crippen molar-refractivity contribution in [2.45, 2.75) is 31.8 Å². The fourth-order valence-corrected chi connectivity index (χ4v) is 2.33. The van der Waals surface area contributed by atoms with Crippen molar-refractivity contribution in [3.63, 3.8) is 0 Å². The van der Waals surface area contributed by atoms with Crippen LogP contribution in [0.4, 0.5) is 5.69 Å². The average Bonchev–Trinajstić information content (AvgIpc) is 2.38. The quantitative estimate of drug-likeness (QED) is 0.758. The van der Waals surface area contributed by atoms with E-state index in [2.05, 4.69) is 10.3 Å². The van der Waals surface area contributed by atoms with Crippen LogP contribution in [0.2, 0.25) is 0 Å². The largest absolute Gasteiger partial charge is 0.478 e. The van der Waals surface area contributed by atoms with Crippen molar-refractivity contribution in [3.05, 3.63) is 24.0 Å². The van der Waals surface area contributed by atoms with Gasteiger partial charge in [-0.2, -0.15) is 0 Å². The van der Waals surface area contributed by atoms with Gasteiger partial charge in [-0.25, -0.2) is 4.79 Å². The summed E-state index contributed by atoms with van der Waals surface area (Å²) >= 11 is 0. The van der Waals surface area contributed by atoms with Crippen LogP contribution in [0.5, 0.6) is 0 Å². The second kappa shape index (κ2) is 5.82. The summed E-state index contributed by atoms with van der Waals surface area (Å²) in [4.78, 5) is 15.0. The predicted molar refractivity (Wildman–Crippen MR) is 67.7 cm³/mol. The number of hydrogen-bond acceptors (Lipinski definition) is 4. The van der Waals surface area contributed by atoms with Crippen molar-refractivity contribution < 1.29 is 15.0 Å². The summed E-state index contributed by atoms with van der Waals surface area (Å²) < 4.78 is 0. The normalized spacial score (nSPS) is 23.6. The topological polar surface area (TPSA) is 82.5 Å². The Kier molecular flexibility index (Phi) is 4.15. The lowest BCUT2D eigenvalue weighted by atomic mass is 9.87. The highest BCUT2D eigenvalue weighted by Crippen LogP contribution is 2.25. The molecule has 1 aromatic rings. The molecule has 0 spiro atoms. The van der Waals surface area contributed by atoms with Gasteiger partial charge in [-0.1, -0.05) is 0 Å². The molecule has 0 aliphatic heterocycles. The molecule has 18 heavy (non-hydrogen) atoms. The van der Waals surface area contributed by atoms with E-state index < -0.39 is 5.97 Å². The van der Waals surface area contributed by atoms with E-state index in [1.807, 2.05) is 0 Å². The number of carboxylic acid groups (broad SMARTS) is 1. The van der Waals surface area contributed by atoms with Gasteiger partial charge in [-0.05, 0) is 37.7 Å². The van der Waals surface area contributed by atoms with Crippen molar-refractivity contribution in [2.24, 2.45) is 5.92 Å². The lowest BCUT2D eigenvalue weighted by Gasteiger charge is -2.25. The zero-order valence-electron chi connectivity index (χ0n) is 10.2. The number of carbonyl (C=O) groups is 1. The third kappa shape index (κ3) is 3.20. The number of aromatic nitrogens is 1. The van der Waals surface area contributed by atoms with E-state index in [1.165, 1.54) is 12.3 Å². The highest BCUT2D eigenvalue weighted by Gasteiger charge is 2.19. The number of anilines is 1. The van der Waals surface area contributed by atoms with Gasteiger partial charge < -0.3 is 15.5 Å². The van der Waals surface area contributed by atoms with Crippen molar-refractivity contribution in [1.29, 1.82) is 0 Å². The molecule has 1 aromatic heterocycles. The molecule has 0 radical (unpaired) electrons. The second-order valence-electron chi connectivity index (χ2n) is 4.78. The standard InChI is InChI=1S/C13H18N2O3/c16-10-3-1-9(2-4-10)7-15-12-8-14-6-5-11(12)13(17)18/h5-6,8-10,15-16H,1-4,7H2,(H,17,18). The molecular formula is C13H18N2O3. The number of aliphatic hydroxyl groups excluding tert-OH is 1. The monoisotopic (exact) mass is 250 g/mol. The Morgan fingerprint density at radius 1 is 1.39 bits per heavy atom. The van der Waals surface area contributed by atoms with E-state index in [0.717, 1.165) is 32.2 Å². The van der Waals surface area contributed by atoms with Crippen LogP contribution < -0.4 is 5.32 Å². The minimum absolute atomic E-state index is 0.158. The molecule has 1 saturated carbocycles. The number of aromatic carboxylic acids is 1. The first-order valence-electron chi connectivity index (χ1n) is 6.26. The van der Waals surface area contributed by atoms with Crippen molar-refractivity contribution in [1.82, 2.24) is 4.98 Å². The van der Waals surface area contributed by atoms with Crippen molar-refractivity contribution in [3.8, 4) is 0 Å². The van der Waals surface area contributed by atoms with E-state index in [4.69, 9.17) is 5.11 Å². The summed E-state index contributed by atoms with van der Waals surface area (Å²) in [6, 6.07) is 1.50. The molecule has 0 saturated heterocycles. The molecule has 1 aliphatic carbocycles. The van der Waals surface area contributed by atoms with Crippen LogP contribution in [0.3, 0.4) is 0 Å². The van der Waals surface area contributed by atoms with Crippen molar-refractivity contribution in [2.75, 3.05) is 11.9 Å². The minimum Gasteiger partial charge on any atom is -0.478 e. The summed E-state index contributed by atoms with van der Waals surface area (Å²) in [5.74, 6) is -0.450. The first-order valence-corrected chi connectivity index (χ1v) is 6.26. The van der Waals surface area contributed by atoms with Gasteiger partial charge in [0.15, 0.2) is 0 Å². The van der Waals surface area contributed by atoms with Gasteiger partial charge in [0, 0.05) is 12.7 Å². The maximum Gasteiger partial charge on any atom is 0.337 e. The van der Waals surface area contributed by atoms with Crippen LogP contribution in [-0.2, 0) is 0 Å². The Bertz CT molecular complexity index is 414. The first kappa shape index (κ1) is 12.8. The van der Waals surface area contributed by atoms with Gasteiger partial charge in [0.05, 0.1) is 23.6 Å². The molecular weight excluding hydrogens is 232 g/mol. The number of pyridine rings is 1. The highest BCUT2D eigenvalue weighted by atomic mass is 16.4. The highest BCUT2D eigenvalue weighted by molar-refractivity contribution is 5.93. The molecule has 0 unspecified atom stereocenters. The molecule has 0 amide bonds. The lowest BCUT2D eigenvalue weighted by Crippen LogP contribution is -2.24. The van der Waals surface area contributed by atoms with E-state index in [-0.39, 0.29) is 11.7 Å². The molecule has 0 bridgehead atoms. The minimum atomic E-state index is -0.945. The number of nitrogens with one attached hydrogen (secondary N) is 1. The fraction of sp³-hybridized carbons (Fsp3) is 0.538. The Morgan fingerprint density at radius 3 is 2.78 bits per heavy atom. The zero-order chi connectivity index (χ0) is 13.0. The van der Waals surface area contributed by atoms with Crippen LogP contribution in [-0.4, -0.2) is 33.8 Å². The van der Waals surface area contributed by atoms with Gasteiger partial charge in [-0.15, -0.1) is 0 Å². The zero-order valence-corrected chi connectivity index (χ0v) is 10.2. The van der Waals surface area contributed by atoms with Crippen LogP contribution >= 0.6 is 0 Å². The van der Waals surface area contributed by atoms with E-state index >= 15 is 0 Å². The molecule has 1 heterocycles. The van der Waals surface area contributed by atoms with Gasteiger partial charge in [0.25, 0.3) is 0 Å². The summed E-state index contributed by atoms with van der Waals surface area (Å²) in [7, 11) is 0. The predicted octanol–water partition coefficient (Wildman–Crippen LogP) is 1.74. The lowest BCUT2D eigenvalue weighted by molar-refractivity contribution is 0.0698. The molecule has 5 heteroatoms. The van der Waals surface area contributed by atoms with Gasteiger partial charge in [-0.3, -0.25) is 4.98 Å². The maximum atomic E-state index is 11.0. The third-order valence-electron chi connectivity index (χ3n) is 3.45. The van der Waals surface area contributed by atoms with Crippen molar-refractivity contribution >= 4 is 11.7 Å². The first-order chi connectivity index (χ1) is 8.66. The van der Waals surface area contributed by atoms with Crippen LogP contribution in [0.25, 0.3) is 0 Å². The van der Waals surface area contributed by atoms with Crippen LogP contribution in [0.1, 0.15) is 36.0 Å². The van der Waals surface area contributed by atoms with E-state index in [1.54, 1.807) is 6.20 Å². The summed E-state index contributed by atoms with van der Waals surface area (Å²) in [5, 5.41) is 21.6. The third-order valence-corrected chi connectivity index (χ3v) is 3.45. The van der Waals surface area contributed by atoms with Gasteiger partial charge >= 0.3 is 5.97 Å². The Morgan fingerprint density at radius 2 is 2.11 bits per heavy atom. The molecule has 2 rings (SSSR count). The number of aliphatic hydroxyl groups is 1. The second-order valence-corrected chi connectivity index (χ2v) is 4.78. The van der Waals surface area contributed by atoms with E-state index in [9.17, 15) is 9.90 Å². The van der Waals surface area contributed by atoms with Crippen LogP contribution in [0.15, 0.2) is 18.5 Å². The molecule has 3 N–H and O–H groups in total.